The number of esters is 1. The van der Waals surface area contributed by atoms with Gasteiger partial charge in [-0.15, -0.1) is 0 Å². The van der Waals surface area contributed by atoms with Gasteiger partial charge < -0.3 is 4.74 Å². The molecule has 0 saturated heterocycles. The molecular weight excluding hydrogens is 188 g/mol. The Hall–Kier alpha value is -0.530. The largest absolute Gasteiger partial charge is 0.459 e. The summed E-state index contributed by atoms with van der Waals surface area (Å²) >= 11 is 0. The lowest BCUT2D eigenvalue weighted by atomic mass is 9.90. The van der Waals surface area contributed by atoms with Gasteiger partial charge in [-0.1, -0.05) is 27.2 Å². The summed E-state index contributed by atoms with van der Waals surface area (Å²) in [5, 5.41) is 0. The lowest BCUT2D eigenvalue weighted by Gasteiger charge is -2.32. The Morgan fingerprint density at radius 1 is 1.13 bits per heavy atom. The molecule has 2 heteroatoms. The summed E-state index contributed by atoms with van der Waals surface area (Å²) < 4.78 is 5.62. The zero-order chi connectivity index (χ0) is 11.9. The normalized spacial score (nSPS) is 11.9. The zero-order valence-electron chi connectivity index (χ0n) is 10.9. The molecule has 0 aromatic heterocycles. The third-order valence-electron chi connectivity index (χ3n) is 2.99. The van der Waals surface area contributed by atoms with Crippen molar-refractivity contribution >= 4 is 5.97 Å². The van der Waals surface area contributed by atoms with E-state index in [0.29, 0.717) is 0 Å². The zero-order valence-corrected chi connectivity index (χ0v) is 10.9. The highest BCUT2D eigenvalue weighted by molar-refractivity contribution is 5.83. The van der Waals surface area contributed by atoms with Crippen LogP contribution in [0.25, 0.3) is 0 Å². The first-order valence-corrected chi connectivity index (χ1v) is 6.04. The summed E-state index contributed by atoms with van der Waals surface area (Å²) in [6.45, 7) is 9.96. The molecule has 1 radical (unpaired) electrons. The number of carbonyl (C=O) groups excluding carboxylic acids is 1. The average Bonchev–Trinajstić information content (AvgIpc) is 2.24. The molecule has 0 aromatic rings. The van der Waals surface area contributed by atoms with E-state index in [2.05, 4.69) is 20.8 Å². The predicted octanol–water partition coefficient (Wildman–Crippen LogP) is 3.89. The monoisotopic (exact) mass is 213 g/mol. The molecule has 0 saturated carbocycles. The van der Waals surface area contributed by atoms with Gasteiger partial charge in [-0.05, 0) is 39.5 Å². The standard InChI is InChI=1S/C13H25O2/c1-6-9-10-13(7-2,8-3)15-12(14)11(4)5/h6-10H2,1-5H3. The highest BCUT2D eigenvalue weighted by atomic mass is 16.6. The minimum Gasteiger partial charge on any atom is -0.459 e. The predicted molar refractivity (Wildman–Crippen MR) is 63.5 cm³/mol. The number of unbranched alkanes of at least 4 members (excludes halogenated alkanes) is 1. The molecule has 89 valence electrons. The quantitative estimate of drug-likeness (QED) is 0.600. The van der Waals surface area contributed by atoms with Crippen LogP contribution in [-0.4, -0.2) is 11.6 Å². The van der Waals surface area contributed by atoms with Crippen molar-refractivity contribution in [1.82, 2.24) is 0 Å². The fourth-order valence-corrected chi connectivity index (χ4v) is 1.60. The first-order valence-electron chi connectivity index (χ1n) is 6.04. The maximum absolute atomic E-state index is 11.6. The minimum absolute atomic E-state index is 0.144. The molecule has 0 aromatic carbocycles. The van der Waals surface area contributed by atoms with Gasteiger partial charge in [0.25, 0.3) is 0 Å². The van der Waals surface area contributed by atoms with E-state index in [1.54, 1.807) is 13.8 Å². The number of hydrogen-bond acceptors (Lipinski definition) is 2. The van der Waals surface area contributed by atoms with Crippen molar-refractivity contribution < 1.29 is 9.53 Å². The molecule has 0 aliphatic rings. The van der Waals surface area contributed by atoms with Gasteiger partial charge in [0.1, 0.15) is 5.60 Å². The van der Waals surface area contributed by atoms with Crippen LogP contribution < -0.4 is 0 Å². The first-order chi connectivity index (χ1) is 7.01. The summed E-state index contributed by atoms with van der Waals surface area (Å²) in [7, 11) is 0. The van der Waals surface area contributed by atoms with Crippen LogP contribution in [0.1, 0.15) is 66.7 Å². The average molecular weight is 213 g/mol. The molecule has 0 atom stereocenters. The summed E-state index contributed by atoms with van der Waals surface area (Å²) in [5.74, 6) is 0.590. The lowest BCUT2D eigenvalue weighted by Crippen LogP contribution is -2.35. The van der Waals surface area contributed by atoms with E-state index in [4.69, 9.17) is 4.74 Å². The van der Waals surface area contributed by atoms with E-state index in [1.807, 2.05) is 0 Å². The maximum Gasteiger partial charge on any atom is 0.313 e. The Labute approximate surface area is 94.4 Å². The van der Waals surface area contributed by atoms with Crippen LogP contribution >= 0.6 is 0 Å². The summed E-state index contributed by atoms with van der Waals surface area (Å²) in [6.07, 6.45) is 5.06. The van der Waals surface area contributed by atoms with Gasteiger partial charge in [0.15, 0.2) is 0 Å². The number of hydrogen-bond donors (Lipinski definition) is 0. The molecular formula is C13H25O2. The van der Waals surface area contributed by atoms with Gasteiger partial charge in [-0.3, -0.25) is 4.79 Å². The third kappa shape index (κ3) is 4.67. The Morgan fingerprint density at radius 3 is 2.00 bits per heavy atom. The van der Waals surface area contributed by atoms with E-state index in [9.17, 15) is 4.79 Å². The SMILES string of the molecule is CCCCC(CC)(CC)OC(=O)[C](C)C. The number of rotatable bonds is 7. The minimum atomic E-state index is -0.232. The first kappa shape index (κ1) is 14.5. The van der Waals surface area contributed by atoms with Crippen molar-refractivity contribution in [3.05, 3.63) is 5.92 Å². The summed E-state index contributed by atoms with van der Waals surface area (Å²) in [5.41, 5.74) is -0.232. The molecule has 0 amide bonds. The second-order valence-electron chi connectivity index (χ2n) is 4.38. The molecule has 0 rings (SSSR count). The molecule has 0 N–H and O–H groups in total. The molecule has 0 spiro atoms. The van der Waals surface area contributed by atoms with E-state index < -0.39 is 0 Å². The number of carbonyl (C=O) groups is 1. The van der Waals surface area contributed by atoms with Gasteiger partial charge in [0.05, 0.1) is 5.92 Å². The Balaban J connectivity index is 4.41. The van der Waals surface area contributed by atoms with E-state index in [1.165, 1.54) is 0 Å². The molecule has 0 aliphatic heterocycles. The van der Waals surface area contributed by atoms with Crippen molar-refractivity contribution in [2.24, 2.45) is 0 Å². The highest BCUT2D eigenvalue weighted by Crippen LogP contribution is 2.28. The van der Waals surface area contributed by atoms with Crippen molar-refractivity contribution in [2.75, 3.05) is 0 Å². The summed E-state index contributed by atoms with van der Waals surface area (Å²) in [6, 6.07) is 0. The van der Waals surface area contributed by atoms with Crippen molar-refractivity contribution in [1.29, 1.82) is 0 Å². The molecule has 0 unspecified atom stereocenters. The fourth-order valence-electron chi connectivity index (χ4n) is 1.60. The third-order valence-corrected chi connectivity index (χ3v) is 2.99. The summed E-state index contributed by atoms with van der Waals surface area (Å²) in [4.78, 5) is 11.6. The molecule has 15 heavy (non-hydrogen) atoms. The van der Waals surface area contributed by atoms with Gasteiger partial charge in [-0.25, -0.2) is 0 Å². The fraction of sp³-hybridized carbons (Fsp3) is 0.846. The van der Waals surface area contributed by atoms with Crippen LogP contribution in [0, 0.1) is 5.92 Å². The second kappa shape index (κ2) is 6.86. The van der Waals surface area contributed by atoms with E-state index in [0.717, 1.165) is 38.0 Å². The van der Waals surface area contributed by atoms with Crippen LogP contribution in [0.4, 0.5) is 0 Å². The smallest absolute Gasteiger partial charge is 0.313 e. The van der Waals surface area contributed by atoms with Crippen LogP contribution in [0.2, 0.25) is 0 Å². The molecule has 0 aliphatic carbocycles. The van der Waals surface area contributed by atoms with E-state index >= 15 is 0 Å². The van der Waals surface area contributed by atoms with Gasteiger partial charge in [0, 0.05) is 0 Å². The lowest BCUT2D eigenvalue weighted by molar-refractivity contribution is -0.159. The molecule has 0 fully saturated rings. The highest BCUT2D eigenvalue weighted by Gasteiger charge is 2.30. The van der Waals surface area contributed by atoms with Crippen molar-refractivity contribution in [3.8, 4) is 0 Å². The van der Waals surface area contributed by atoms with Crippen LogP contribution in [0.3, 0.4) is 0 Å². The van der Waals surface area contributed by atoms with Gasteiger partial charge >= 0.3 is 5.97 Å². The van der Waals surface area contributed by atoms with E-state index in [-0.39, 0.29) is 11.6 Å². The molecule has 2 nitrogen and oxygen atoms in total. The topological polar surface area (TPSA) is 26.3 Å². The van der Waals surface area contributed by atoms with Gasteiger partial charge in [0.2, 0.25) is 0 Å². The molecule has 0 bridgehead atoms. The van der Waals surface area contributed by atoms with Crippen molar-refractivity contribution in [3.63, 3.8) is 0 Å². The Kier molecular flexibility index (Phi) is 6.62. The van der Waals surface area contributed by atoms with Gasteiger partial charge in [-0.2, -0.15) is 0 Å². The van der Waals surface area contributed by atoms with Crippen LogP contribution in [-0.2, 0) is 9.53 Å². The number of ether oxygens (including phenoxy) is 1. The van der Waals surface area contributed by atoms with Crippen LogP contribution in [0.5, 0.6) is 0 Å². The molecule has 0 heterocycles. The second-order valence-corrected chi connectivity index (χ2v) is 4.38. The van der Waals surface area contributed by atoms with Crippen molar-refractivity contribution in [2.45, 2.75) is 72.3 Å². The van der Waals surface area contributed by atoms with Crippen LogP contribution in [0.15, 0.2) is 0 Å². The Morgan fingerprint density at radius 2 is 1.67 bits per heavy atom. The maximum atomic E-state index is 11.6. The Bertz CT molecular complexity index is 181.